The summed E-state index contributed by atoms with van der Waals surface area (Å²) in [6.45, 7) is 2.26. The third-order valence-electron chi connectivity index (χ3n) is 9.07. The van der Waals surface area contributed by atoms with E-state index in [0.29, 0.717) is 44.0 Å². The van der Waals surface area contributed by atoms with Crippen LogP contribution >= 0.6 is 11.6 Å². The van der Waals surface area contributed by atoms with Crippen molar-refractivity contribution in [1.82, 2.24) is 15.2 Å². The highest BCUT2D eigenvalue weighted by Crippen LogP contribution is 2.38. The number of pyridine rings is 1. The zero-order valence-electron chi connectivity index (χ0n) is 23.7. The molecule has 1 N–H and O–H groups in total. The number of amidine groups is 2. The lowest BCUT2D eigenvalue weighted by Crippen LogP contribution is -2.51. The molecule has 3 heterocycles. The average molecular weight is 596 g/mol. The predicted molar refractivity (Wildman–Crippen MR) is 163 cm³/mol. The molecule has 0 radical (unpaired) electrons. The summed E-state index contributed by atoms with van der Waals surface area (Å²) in [6.07, 6.45) is 10.2. The van der Waals surface area contributed by atoms with Crippen LogP contribution in [-0.4, -0.2) is 47.2 Å². The summed E-state index contributed by atoms with van der Waals surface area (Å²) in [5.41, 5.74) is 1.60. The molecule has 42 heavy (non-hydrogen) atoms. The van der Waals surface area contributed by atoms with Gasteiger partial charge in [-0.25, -0.2) is 4.99 Å². The molecule has 3 unspecified atom stereocenters. The fourth-order valence-electron chi connectivity index (χ4n) is 7.05. The van der Waals surface area contributed by atoms with E-state index in [4.69, 9.17) is 21.6 Å². The number of fused-ring (bicyclic) bond motifs is 2. The number of hydrogen-bond acceptors (Lipinski definition) is 4. The third kappa shape index (κ3) is 6.50. The molecule has 2 aliphatic heterocycles. The van der Waals surface area contributed by atoms with E-state index < -0.39 is 11.7 Å². The summed E-state index contributed by atoms with van der Waals surface area (Å²) in [6, 6.07) is 10.8. The van der Waals surface area contributed by atoms with Gasteiger partial charge in [-0.15, -0.1) is 0 Å². The molecule has 9 heteroatoms. The standard InChI is InChI=1S/C33H37ClF3N5/c34-27-14-3-1-8-22(27)16-18-39-32-25-12-5-10-24(31-26(33(35,36)37)13-6-17-38-31)20-28(25)40-30(41-32)21-42-19-7-11-23-9-2-4-15-29(23)42/h1,3,6,8,10,13-14,17,20,23,25,29H,2,4-5,7,9,11-12,15-16,18-19,21H2,(H,39,40,41). The van der Waals surface area contributed by atoms with Gasteiger partial charge in [0.15, 0.2) is 0 Å². The molecule has 2 fully saturated rings. The smallest absolute Gasteiger partial charge is 0.345 e. The van der Waals surface area contributed by atoms with E-state index in [1.54, 1.807) is 0 Å². The first-order valence-corrected chi connectivity index (χ1v) is 15.6. The Kier molecular flexibility index (Phi) is 8.82. The van der Waals surface area contributed by atoms with Crippen LogP contribution in [0, 0.1) is 11.8 Å². The van der Waals surface area contributed by atoms with Gasteiger partial charge < -0.3 is 5.32 Å². The summed E-state index contributed by atoms with van der Waals surface area (Å²) in [7, 11) is 0. The third-order valence-corrected chi connectivity index (χ3v) is 9.43. The fourth-order valence-corrected chi connectivity index (χ4v) is 7.28. The second kappa shape index (κ2) is 12.7. The van der Waals surface area contributed by atoms with Gasteiger partial charge in [0.05, 0.1) is 23.7 Å². The molecule has 5 nitrogen and oxygen atoms in total. The molecule has 0 spiro atoms. The van der Waals surface area contributed by atoms with Crippen molar-refractivity contribution in [3.63, 3.8) is 0 Å². The highest BCUT2D eigenvalue weighted by atomic mass is 35.5. The number of piperidine rings is 1. The number of halogens is 4. The van der Waals surface area contributed by atoms with Gasteiger partial charge in [-0.05, 0) is 92.8 Å². The minimum absolute atomic E-state index is 0.0395. The van der Waals surface area contributed by atoms with Crippen molar-refractivity contribution in [3.8, 4) is 0 Å². The van der Waals surface area contributed by atoms with Crippen molar-refractivity contribution in [2.75, 3.05) is 19.6 Å². The Morgan fingerprint density at radius 1 is 1.02 bits per heavy atom. The molecule has 2 aromatic rings. The number of rotatable bonds is 6. The van der Waals surface area contributed by atoms with Crippen molar-refractivity contribution >= 4 is 28.8 Å². The summed E-state index contributed by atoms with van der Waals surface area (Å²) in [5.74, 6) is 2.17. The Morgan fingerprint density at radius 3 is 2.71 bits per heavy atom. The van der Waals surface area contributed by atoms with E-state index in [-0.39, 0.29) is 11.6 Å². The molecular weight excluding hydrogens is 559 g/mol. The number of allylic oxidation sites excluding steroid dienone is 3. The van der Waals surface area contributed by atoms with Crippen molar-refractivity contribution in [2.24, 2.45) is 21.8 Å². The van der Waals surface area contributed by atoms with Crippen LogP contribution in [0.2, 0.25) is 5.02 Å². The first-order chi connectivity index (χ1) is 20.4. The van der Waals surface area contributed by atoms with E-state index in [2.05, 4.69) is 15.2 Å². The second-order valence-corrected chi connectivity index (χ2v) is 12.2. The SMILES string of the molecule is FC(F)(F)c1cccnc1C1=CCCC2C(=C1)NC(CN1CCCC3CCCCC31)=NC2=NCCc1ccccc1Cl. The zero-order valence-corrected chi connectivity index (χ0v) is 24.5. The van der Waals surface area contributed by atoms with Gasteiger partial charge in [0.25, 0.3) is 0 Å². The molecule has 6 rings (SSSR count). The van der Waals surface area contributed by atoms with Crippen LogP contribution in [0.5, 0.6) is 0 Å². The zero-order chi connectivity index (χ0) is 29.1. The first-order valence-electron chi connectivity index (χ1n) is 15.2. The molecule has 0 amide bonds. The molecule has 222 valence electrons. The van der Waals surface area contributed by atoms with Crippen LogP contribution in [0.15, 0.2) is 70.4 Å². The Labute approximate surface area is 250 Å². The van der Waals surface area contributed by atoms with Crippen LogP contribution in [0.4, 0.5) is 13.2 Å². The van der Waals surface area contributed by atoms with E-state index in [9.17, 15) is 13.2 Å². The van der Waals surface area contributed by atoms with Gasteiger partial charge >= 0.3 is 6.18 Å². The van der Waals surface area contributed by atoms with Gasteiger partial charge in [-0.1, -0.05) is 48.7 Å². The molecule has 3 atom stereocenters. The van der Waals surface area contributed by atoms with E-state index in [0.717, 1.165) is 46.5 Å². The van der Waals surface area contributed by atoms with Crippen molar-refractivity contribution < 1.29 is 13.2 Å². The molecule has 4 aliphatic rings. The average Bonchev–Trinajstić information content (AvgIpc) is 3.21. The number of alkyl halides is 3. The number of aromatic nitrogens is 1. The maximum atomic E-state index is 13.9. The Hall–Kier alpha value is -2.97. The van der Waals surface area contributed by atoms with Crippen molar-refractivity contribution in [2.45, 2.75) is 70.0 Å². The Balaban J connectivity index is 1.31. The van der Waals surface area contributed by atoms with Gasteiger partial charge in [0.2, 0.25) is 0 Å². The van der Waals surface area contributed by atoms with E-state index in [1.165, 1.54) is 50.8 Å². The molecular formula is C33H37ClF3N5. The largest absolute Gasteiger partial charge is 0.418 e. The highest BCUT2D eigenvalue weighted by molar-refractivity contribution is 6.31. The Morgan fingerprint density at radius 2 is 1.86 bits per heavy atom. The molecule has 1 saturated carbocycles. The lowest BCUT2D eigenvalue weighted by atomic mass is 9.78. The van der Waals surface area contributed by atoms with Crippen molar-refractivity contribution in [3.05, 3.63) is 82.3 Å². The van der Waals surface area contributed by atoms with Crippen LogP contribution < -0.4 is 5.32 Å². The molecule has 2 aliphatic carbocycles. The second-order valence-electron chi connectivity index (χ2n) is 11.8. The van der Waals surface area contributed by atoms with Gasteiger partial charge in [-0.3, -0.25) is 14.9 Å². The molecule has 1 saturated heterocycles. The van der Waals surface area contributed by atoms with E-state index in [1.807, 2.05) is 36.4 Å². The van der Waals surface area contributed by atoms with Crippen LogP contribution in [-0.2, 0) is 12.6 Å². The maximum Gasteiger partial charge on any atom is 0.418 e. The monoisotopic (exact) mass is 595 g/mol. The summed E-state index contributed by atoms with van der Waals surface area (Å²) >= 11 is 6.39. The molecule has 1 aromatic heterocycles. The number of likely N-dealkylation sites (tertiary alicyclic amines) is 1. The lowest BCUT2D eigenvalue weighted by molar-refractivity contribution is -0.138. The maximum absolute atomic E-state index is 13.9. The van der Waals surface area contributed by atoms with Crippen LogP contribution in [0.25, 0.3) is 5.57 Å². The minimum atomic E-state index is -4.49. The normalized spacial score (nSPS) is 25.9. The quantitative estimate of drug-likeness (QED) is 0.372. The number of aliphatic imine (C=N–C) groups is 2. The van der Waals surface area contributed by atoms with Crippen LogP contribution in [0.3, 0.4) is 0 Å². The van der Waals surface area contributed by atoms with E-state index >= 15 is 0 Å². The summed E-state index contributed by atoms with van der Waals surface area (Å²) in [4.78, 5) is 16.8. The number of hydrogen-bond donors (Lipinski definition) is 1. The fraction of sp³-hybridized carbons (Fsp3) is 0.485. The van der Waals surface area contributed by atoms with Gasteiger partial charge in [-0.2, -0.15) is 13.2 Å². The minimum Gasteiger partial charge on any atom is -0.345 e. The summed E-state index contributed by atoms with van der Waals surface area (Å²) in [5, 5.41) is 4.28. The van der Waals surface area contributed by atoms with Gasteiger partial charge in [0, 0.05) is 29.5 Å². The van der Waals surface area contributed by atoms with Gasteiger partial charge in [0.1, 0.15) is 11.7 Å². The van der Waals surface area contributed by atoms with Crippen molar-refractivity contribution in [1.29, 1.82) is 0 Å². The summed E-state index contributed by atoms with van der Waals surface area (Å²) < 4.78 is 41.7. The molecule has 1 aromatic carbocycles. The highest BCUT2D eigenvalue weighted by Gasteiger charge is 2.37. The lowest BCUT2D eigenvalue weighted by Gasteiger charge is -2.44. The first kappa shape index (κ1) is 29.1. The predicted octanol–water partition coefficient (Wildman–Crippen LogP) is 7.73. The Bertz CT molecular complexity index is 1410. The topological polar surface area (TPSA) is 52.9 Å². The number of benzene rings is 1. The number of nitrogens with one attached hydrogen (secondary N) is 1. The number of nitrogens with zero attached hydrogens (tertiary/aromatic N) is 4. The molecule has 0 bridgehead atoms. The van der Waals surface area contributed by atoms with Crippen LogP contribution in [0.1, 0.15) is 68.2 Å².